The van der Waals surface area contributed by atoms with Crippen molar-refractivity contribution in [3.8, 4) is 5.75 Å². The third kappa shape index (κ3) is 3.41. The third-order valence-corrected chi connectivity index (χ3v) is 5.79. The minimum atomic E-state index is 0.299. The summed E-state index contributed by atoms with van der Waals surface area (Å²) in [7, 11) is 0. The van der Waals surface area contributed by atoms with Crippen molar-refractivity contribution >= 4 is 5.69 Å². The fourth-order valence-corrected chi connectivity index (χ4v) is 4.33. The quantitative estimate of drug-likeness (QED) is 0.608. The Morgan fingerprint density at radius 2 is 1.96 bits per heavy atom. The van der Waals surface area contributed by atoms with E-state index >= 15 is 0 Å². The van der Waals surface area contributed by atoms with Crippen molar-refractivity contribution < 1.29 is 4.74 Å². The Balaban J connectivity index is 1.70. The van der Waals surface area contributed by atoms with Gasteiger partial charge < -0.3 is 10.1 Å². The molecular weight excluding hydrogens is 330 g/mol. The highest BCUT2D eigenvalue weighted by Gasteiger charge is 2.38. The van der Waals surface area contributed by atoms with E-state index in [0.29, 0.717) is 30.4 Å². The molecule has 0 fully saturated rings. The predicted molar refractivity (Wildman–Crippen MR) is 114 cm³/mol. The van der Waals surface area contributed by atoms with E-state index < -0.39 is 0 Å². The molecule has 0 radical (unpaired) electrons. The van der Waals surface area contributed by atoms with Gasteiger partial charge in [0.2, 0.25) is 0 Å². The molecule has 140 valence electrons. The summed E-state index contributed by atoms with van der Waals surface area (Å²) >= 11 is 0. The molecule has 0 saturated carbocycles. The molecule has 2 aromatic carbocycles. The molecule has 4 rings (SSSR count). The monoisotopic (exact) mass is 359 g/mol. The van der Waals surface area contributed by atoms with Gasteiger partial charge in [-0.3, -0.25) is 0 Å². The van der Waals surface area contributed by atoms with Crippen molar-refractivity contribution in [3.63, 3.8) is 0 Å². The van der Waals surface area contributed by atoms with E-state index in [0.717, 1.165) is 23.4 Å². The van der Waals surface area contributed by atoms with E-state index in [1.807, 2.05) is 6.92 Å². The van der Waals surface area contributed by atoms with Gasteiger partial charge in [0.1, 0.15) is 12.4 Å². The van der Waals surface area contributed by atoms with Crippen LogP contribution in [0, 0.1) is 5.92 Å². The molecule has 3 atom stereocenters. The Bertz CT molecular complexity index is 862. The first-order valence-electron chi connectivity index (χ1n) is 9.97. The van der Waals surface area contributed by atoms with Crippen LogP contribution in [-0.4, -0.2) is 6.61 Å². The Morgan fingerprint density at radius 1 is 1.19 bits per heavy atom. The van der Waals surface area contributed by atoms with Crippen LogP contribution in [0.5, 0.6) is 5.75 Å². The highest BCUT2D eigenvalue weighted by atomic mass is 16.5. The van der Waals surface area contributed by atoms with Crippen molar-refractivity contribution in [1.82, 2.24) is 0 Å². The Kier molecular flexibility index (Phi) is 4.82. The van der Waals surface area contributed by atoms with Crippen LogP contribution < -0.4 is 10.1 Å². The van der Waals surface area contributed by atoms with Crippen molar-refractivity contribution in [1.29, 1.82) is 0 Å². The molecule has 3 unspecified atom stereocenters. The molecule has 27 heavy (non-hydrogen) atoms. The number of benzene rings is 2. The predicted octanol–water partition coefficient (Wildman–Crippen LogP) is 6.59. The second kappa shape index (κ2) is 7.26. The molecule has 0 amide bonds. The van der Waals surface area contributed by atoms with Crippen molar-refractivity contribution in [2.75, 3.05) is 11.9 Å². The maximum atomic E-state index is 6.06. The zero-order valence-electron chi connectivity index (χ0n) is 16.5. The van der Waals surface area contributed by atoms with Gasteiger partial charge in [0, 0.05) is 5.92 Å². The van der Waals surface area contributed by atoms with Gasteiger partial charge in [0.15, 0.2) is 0 Å². The number of hydrogen-bond acceptors (Lipinski definition) is 2. The average molecular weight is 360 g/mol. The molecular formula is C25H29NO. The summed E-state index contributed by atoms with van der Waals surface area (Å²) in [5, 5.41) is 3.83. The summed E-state index contributed by atoms with van der Waals surface area (Å²) in [6, 6.07) is 15.8. The number of allylic oxidation sites excluding steroid dienone is 2. The van der Waals surface area contributed by atoms with Gasteiger partial charge in [-0.1, -0.05) is 69.0 Å². The second-order valence-electron chi connectivity index (χ2n) is 8.26. The van der Waals surface area contributed by atoms with Gasteiger partial charge in [-0.05, 0) is 53.5 Å². The van der Waals surface area contributed by atoms with Gasteiger partial charge in [-0.15, -0.1) is 0 Å². The number of anilines is 1. The van der Waals surface area contributed by atoms with Crippen LogP contribution >= 0.6 is 0 Å². The normalized spacial score (nSPS) is 22.9. The topological polar surface area (TPSA) is 21.3 Å². The summed E-state index contributed by atoms with van der Waals surface area (Å²) in [5.41, 5.74) is 6.27. The maximum Gasteiger partial charge on any atom is 0.143 e. The molecule has 0 bridgehead atoms. The molecule has 1 aliphatic carbocycles. The van der Waals surface area contributed by atoms with Crippen LogP contribution in [0.2, 0.25) is 0 Å². The first-order valence-corrected chi connectivity index (χ1v) is 9.97. The summed E-state index contributed by atoms with van der Waals surface area (Å²) in [4.78, 5) is 0. The van der Waals surface area contributed by atoms with E-state index in [-0.39, 0.29) is 0 Å². The SMILES string of the molecule is C=C(C)COc1cccc2c1NC(c1ccc(C(C)C)cc1)C1CC=CC21. The summed E-state index contributed by atoms with van der Waals surface area (Å²) in [5.74, 6) is 2.49. The third-order valence-electron chi connectivity index (χ3n) is 5.79. The largest absolute Gasteiger partial charge is 0.487 e. The smallest absolute Gasteiger partial charge is 0.143 e. The lowest BCUT2D eigenvalue weighted by atomic mass is 9.76. The molecule has 2 heteroatoms. The molecule has 2 aromatic rings. The van der Waals surface area contributed by atoms with Crippen molar-refractivity contribution in [2.45, 2.75) is 45.1 Å². The lowest BCUT2D eigenvalue weighted by Crippen LogP contribution is -2.29. The van der Waals surface area contributed by atoms with Gasteiger partial charge in [-0.2, -0.15) is 0 Å². The number of nitrogens with one attached hydrogen (secondary N) is 1. The van der Waals surface area contributed by atoms with Crippen LogP contribution in [0.1, 0.15) is 61.8 Å². The lowest BCUT2D eigenvalue weighted by Gasteiger charge is -2.38. The average Bonchev–Trinajstić information content (AvgIpc) is 3.15. The Labute approximate surface area is 163 Å². The Morgan fingerprint density at radius 3 is 2.67 bits per heavy atom. The Hall–Kier alpha value is -2.48. The zero-order valence-corrected chi connectivity index (χ0v) is 16.5. The minimum absolute atomic E-state index is 0.299. The van der Waals surface area contributed by atoms with Crippen molar-refractivity contribution in [3.05, 3.63) is 83.5 Å². The fourth-order valence-electron chi connectivity index (χ4n) is 4.33. The standard InChI is InChI=1S/C25H29NO/c1-16(2)15-27-23-10-6-9-22-20-7-5-8-21(20)24(26-25(22)23)19-13-11-18(12-14-19)17(3)4/h5-7,9-14,17,20-21,24,26H,1,8,15H2,2-4H3. The molecule has 0 saturated heterocycles. The van der Waals surface area contributed by atoms with Crippen LogP contribution in [-0.2, 0) is 0 Å². The molecule has 1 aliphatic heterocycles. The highest BCUT2D eigenvalue weighted by molar-refractivity contribution is 5.67. The lowest BCUT2D eigenvalue weighted by molar-refractivity contribution is 0.348. The van der Waals surface area contributed by atoms with Crippen LogP contribution in [0.3, 0.4) is 0 Å². The maximum absolute atomic E-state index is 6.06. The molecule has 0 aromatic heterocycles. The number of ether oxygens (including phenoxy) is 1. The van der Waals surface area contributed by atoms with Crippen LogP contribution in [0.4, 0.5) is 5.69 Å². The molecule has 0 spiro atoms. The second-order valence-corrected chi connectivity index (χ2v) is 8.26. The van der Waals surface area contributed by atoms with Crippen LogP contribution in [0.25, 0.3) is 0 Å². The summed E-state index contributed by atoms with van der Waals surface area (Å²) < 4.78 is 6.06. The molecule has 1 N–H and O–H groups in total. The van der Waals surface area contributed by atoms with E-state index in [2.05, 4.69) is 80.4 Å². The first kappa shape index (κ1) is 17.9. The molecule has 2 aliphatic rings. The number of rotatable bonds is 5. The summed E-state index contributed by atoms with van der Waals surface area (Å²) in [6.45, 7) is 11.0. The van der Waals surface area contributed by atoms with Crippen molar-refractivity contribution in [2.24, 2.45) is 5.92 Å². The molecule has 2 nitrogen and oxygen atoms in total. The molecule has 1 heterocycles. The first-order chi connectivity index (χ1) is 13.0. The number of para-hydroxylation sites is 1. The van der Waals surface area contributed by atoms with Gasteiger partial charge in [-0.25, -0.2) is 0 Å². The van der Waals surface area contributed by atoms with Crippen LogP contribution in [0.15, 0.2) is 66.8 Å². The minimum Gasteiger partial charge on any atom is -0.487 e. The van der Waals surface area contributed by atoms with E-state index in [1.165, 1.54) is 16.7 Å². The van der Waals surface area contributed by atoms with E-state index in [9.17, 15) is 0 Å². The fraction of sp³-hybridized carbons (Fsp3) is 0.360. The van der Waals surface area contributed by atoms with E-state index in [4.69, 9.17) is 4.74 Å². The highest BCUT2D eigenvalue weighted by Crippen LogP contribution is 2.52. The van der Waals surface area contributed by atoms with Gasteiger partial charge in [0.05, 0.1) is 11.7 Å². The number of fused-ring (bicyclic) bond motifs is 3. The summed E-state index contributed by atoms with van der Waals surface area (Å²) in [6.07, 6.45) is 5.83. The number of hydrogen-bond donors (Lipinski definition) is 1. The zero-order chi connectivity index (χ0) is 19.0. The van der Waals surface area contributed by atoms with Gasteiger partial charge >= 0.3 is 0 Å². The van der Waals surface area contributed by atoms with Gasteiger partial charge in [0.25, 0.3) is 0 Å². The van der Waals surface area contributed by atoms with E-state index in [1.54, 1.807) is 0 Å².